The first-order chi connectivity index (χ1) is 12.1. The van der Waals surface area contributed by atoms with Gasteiger partial charge in [0.15, 0.2) is 0 Å². The fourth-order valence-electron chi connectivity index (χ4n) is 3.27. The highest BCUT2D eigenvalue weighted by atomic mass is 35.5. The molecule has 0 radical (unpaired) electrons. The molecule has 0 saturated heterocycles. The van der Waals surface area contributed by atoms with Crippen LogP contribution >= 0.6 is 22.9 Å². The van der Waals surface area contributed by atoms with Crippen molar-refractivity contribution in [2.75, 3.05) is 13.1 Å². The van der Waals surface area contributed by atoms with Crippen LogP contribution in [0.2, 0.25) is 5.02 Å². The Morgan fingerprint density at radius 1 is 1.28 bits per heavy atom. The number of benzene rings is 1. The molecule has 1 aliphatic rings. The molecule has 2 heterocycles. The Balaban J connectivity index is 1.54. The van der Waals surface area contributed by atoms with Crippen molar-refractivity contribution in [1.82, 2.24) is 10.2 Å². The van der Waals surface area contributed by atoms with E-state index in [0.717, 1.165) is 19.4 Å². The monoisotopic (exact) mass is 376 g/mol. The molecular formula is C19H21ClN2O2S. The van der Waals surface area contributed by atoms with Crippen molar-refractivity contribution >= 4 is 34.8 Å². The molecule has 1 unspecified atom stereocenters. The van der Waals surface area contributed by atoms with Crippen LogP contribution in [0.1, 0.15) is 46.6 Å². The van der Waals surface area contributed by atoms with Crippen LogP contribution < -0.4 is 5.32 Å². The Morgan fingerprint density at radius 3 is 2.76 bits per heavy atom. The van der Waals surface area contributed by atoms with E-state index in [1.54, 1.807) is 35.6 Å². The number of thiophene rings is 1. The van der Waals surface area contributed by atoms with Crippen molar-refractivity contribution in [3.05, 3.63) is 56.7 Å². The van der Waals surface area contributed by atoms with Gasteiger partial charge in [-0.25, -0.2) is 0 Å². The van der Waals surface area contributed by atoms with Gasteiger partial charge in [-0.3, -0.25) is 9.59 Å². The van der Waals surface area contributed by atoms with Gasteiger partial charge in [-0.05, 0) is 54.1 Å². The van der Waals surface area contributed by atoms with Gasteiger partial charge in [0.25, 0.3) is 5.91 Å². The van der Waals surface area contributed by atoms with E-state index in [1.807, 2.05) is 4.90 Å². The van der Waals surface area contributed by atoms with E-state index in [0.29, 0.717) is 23.6 Å². The van der Waals surface area contributed by atoms with Crippen LogP contribution in [0, 0.1) is 0 Å². The molecule has 0 fully saturated rings. The van der Waals surface area contributed by atoms with Crippen LogP contribution in [0.25, 0.3) is 0 Å². The summed E-state index contributed by atoms with van der Waals surface area (Å²) in [6, 6.07) is 9.01. The number of nitrogens with one attached hydrogen (secondary N) is 1. The van der Waals surface area contributed by atoms with Gasteiger partial charge in [0.05, 0.1) is 6.04 Å². The molecule has 0 spiro atoms. The third kappa shape index (κ3) is 4.05. The Morgan fingerprint density at radius 2 is 2.04 bits per heavy atom. The highest BCUT2D eigenvalue weighted by Crippen LogP contribution is 2.35. The maximum Gasteiger partial charge on any atom is 0.251 e. The smallest absolute Gasteiger partial charge is 0.251 e. The lowest BCUT2D eigenvalue weighted by Crippen LogP contribution is -2.40. The molecule has 0 bridgehead atoms. The number of nitrogens with zero attached hydrogens (tertiary/aromatic N) is 1. The number of fused-ring (bicyclic) bond motifs is 1. The second-order valence-electron chi connectivity index (χ2n) is 6.07. The maximum absolute atomic E-state index is 12.6. The van der Waals surface area contributed by atoms with Gasteiger partial charge in [-0.2, -0.15) is 0 Å². The minimum absolute atomic E-state index is 0.0973. The van der Waals surface area contributed by atoms with E-state index in [9.17, 15) is 9.59 Å². The zero-order valence-corrected chi connectivity index (χ0v) is 15.7. The molecule has 1 atom stereocenters. The predicted molar refractivity (Wildman–Crippen MR) is 101 cm³/mol. The van der Waals surface area contributed by atoms with Gasteiger partial charge in [0.2, 0.25) is 5.91 Å². The van der Waals surface area contributed by atoms with Gasteiger partial charge < -0.3 is 10.2 Å². The van der Waals surface area contributed by atoms with Crippen LogP contribution in [-0.4, -0.2) is 29.8 Å². The zero-order valence-electron chi connectivity index (χ0n) is 14.1. The SMILES string of the molecule is CCC1c2ccsc2CCN1C(=O)CCNC(=O)c1ccc(Cl)cc1. The Kier molecular flexibility index (Phi) is 5.76. The second-order valence-corrected chi connectivity index (χ2v) is 7.51. The summed E-state index contributed by atoms with van der Waals surface area (Å²) >= 11 is 7.60. The van der Waals surface area contributed by atoms with Crippen LogP contribution in [0.3, 0.4) is 0 Å². The Hall–Kier alpha value is -1.85. The first-order valence-corrected chi connectivity index (χ1v) is 9.75. The highest BCUT2D eigenvalue weighted by molar-refractivity contribution is 7.10. The van der Waals surface area contributed by atoms with E-state index in [-0.39, 0.29) is 17.9 Å². The molecule has 1 aliphatic heterocycles. The molecule has 2 aromatic rings. The quantitative estimate of drug-likeness (QED) is 0.855. The van der Waals surface area contributed by atoms with Crippen molar-refractivity contribution in [2.24, 2.45) is 0 Å². The molecule has 2 amide bonds. The second kappa shape index (κ2) is 8.02. The molecule has 0 saturated carbocycles. The molecule has 0 aliphatic carbocycles. The summed E-state index contributed by atoms with van der Waals surface area (Å²) in [6.07, 6.45) is 2.15. The van der Waals surface area contributed by atoms with Crippen molar-refractivity contribution in [3.63, 3.8) is 0 Å². The average Bonchev–Trinajstić information content (AvgIpc) is 3.09. The molecule has 6 heteroatoms. The summed E-state index contributed by atoms with van der Waals surface area (Å²) in [5.41, 5.74) is 1.83. The van der Waals surface area contributed by atoms with Crippen molar-refractivity contribution in [1.29, 1.82) is 0 Å². The number of hydrogen-bond acceptors (Lipinski definition) is 3. The number of rotatable bonds is 5. The fourth-order valence-corrected chi connectivity index (χ4v) is 4.32. The summed E-state index contributed by atoms with van der Waals surface area (Å²) in [7, 11) is 0. The van der Waals surface area contributed by atoms with Crippen LogP contribution in [0.5, 0.6) is 0 Å². The van der Waals surface area contributed by atoms with E-state index >= 15 is 0 Å². The molecule has 132 valence electrons. The average molecular weight is 377 g/mol. The normalized spacial score (nSPS) is 16.4. The molecule has 25 heavy (non-hydrogen) atoms. The fraction of sp³-hybridized carbons (Fsp3) is 0.368. The lowest BCUT2D eigenvalue weighted by atomic mass is 9.97. The third-order valence-corrected chi connectivity index (χ3v) is 5.78. The topological polar surface area (TPSA) is 49.4 Å². The van der Waals surface area contributed by atoms with Gasteiger partial charge in [-0.1, -0.05) is 18.5 Å². The third-order valence-electron chi connectivity index (χ3n) is 4.53. The van der Waals surface area contributed by atoms with E-state index in [2.05, 4.69) is 23.7 Å². The summed E-state index contributed by atoms with van der Waals surface area (Å²) in [5.74, 6) is -0.0876. The van der Waals surface area contributed by atoms with E-state index in [4.69, 9.17) is 11.6 Å². The van der Waals surface area contributed by atoms with Crippen molar-refractivity contribution in [3.8, 4) is 0 Å². The van der Waals surface area contributed by atoms with Gasteiger partial charge in [0, 0.05) is 35.0 Å². The number of carbonyl (C=O) groups is 2. The number of halogens is 1. The lowest BCUT2D eigenvalue weighted by Gasteiger charge is -2.35. The first-order valence-electron chi connectivity index (χ1n) is 8.49. The van der Waals surface area contributed by atoms with Gasteiger partial charge in [0.1, 0.15) is 0 Å². The van der Waals surface area contributed by atoms with Gasteiger partial charge >= 0.3 is 0 Å². The zero-order chi connectivity index (χ0) is 17.8. The summed E-state index contributed by atoms with van der Waals surface area (Å²) in [4.78, 5) is 28.1. The molecule has 4 nitrogen and oxygen atoms in total. The van der Waals surface area contributed by atoms with Crippen LogP contribution in [0.15, 0.2) is 35.7 Å². The predicted octanol–water partition coefficient (Wildman–Crippen LogP) is 4.06. The van der Waals surface area contributed by atoms with Gasteiger partial charge in [-0.15, -0.1) is 11.3 Å². The molecule has 1 N–H and O–H groups in total. The minimum Gasteiger partial charge on any atom is -0.352 e. The summed E-state index contributed by atoms with van der Waals surface area (Å²) < 4.78 is 0. The molecule has 3 rings (SSSR count). The molecule has 1 aromatic heterocycles. The number of carbonyl (C=O) groups excluding carboxylic acids is 2. The summed E-state index contributed by atoms with van der Waals surface area (Å²) in [5, 5.41) is 5.51. The number of hydrogen-bond donors (Lipinski definition) is 1. The van der Waals surface area contributed by atoms with E-state index < -0.39 is 0 Å². The minimum atomic E-state index is -0.185. The standard InChI is InChI=1S/C19H21ClN2O2S/c1-2-16-15-9-12-25-17(15)8-11-22(16)18(23)7-10-21-19(24)13-3-5-14(20)6-4-13/h3-6,9,12,16H,2,7-8,10-11H2,1H3,(H,21,24). The first kappa shape index (κ1) is 18.0. The maximum atomic E-state index is 12.6. The van der Waals surface area contributed by atoms with E-state index in [1.165, 1.54) is 10.4 Å². The largest absolute Gasteiger partial charge is 0.352 e. The summed E-state index contributed by atoms with van der Waals surface area (Å²) in [6.45, 7) is 3.21. The molecule has 1 aromatic carbocycles. The van der Waals surface area contributed by atoms with Crippen molar-refractivity contribution in [2.45, 2.75) is 32.2 Å². The molecular weight excluding hydrogens is 356 g/mol. The number of amides is 2. The lowest BCUT2D eigenvalue weighted by molar-refractivity contribution is -0.134. The van der Waals surface area contributed by atoms with Crippen LogP contribution in [0.4, 0.5) is 0 Å². The highest BCUT2D eigenvalue weighted by Gasteiger charge is 2.29. The Labute approximate surface area is 156 Å². The van der Waals surface area contributed by atoms with Crippen LogP contribution in [-0.2, 0) is 11.2 Å². The Bertz CT molecular complexity index is 757. The van der Waals surface area contributed by atoms with Crippen molar-refractivity contribution < 1.29 is 9.59 Å².